The molecule has 1 unspecified atom stereocenters. The second-order valence-corrected chi connectivity index (χ2v) is 9.82. The van der Waals surface area contributed by atoms with E-state index in [-0.39, 0.29) is 11.3 Å². The highest BCUT2D eigenvalue weighted by molar-refractivity contribution is 6.35. The number of nitrogens with one attached hydrogen (secondary N) is 1. The molecule has 1 amide bonds. The van der Waals surface area contributed by atoms with Crippen molar-refractivity contribution in [3.63, 3.8) is 0 Å². The van der Waals surface area contributed by atoms with Crippen LogP contribution in [-0.2, 0) is 10.2 Å². The summed E-state index contributed by atoms with van der Waals surface area (Å²) in [6.45, 7) is 8.42. The topological polar surface area (TPSA) is 46.9 Å². The van der Waals surface area contributed by atoms with E-state index in [2.05, 4.69) is 50.4 Å². The Kier molecular flexibility index (Phi) is 6.02. The second kappa shape index (κ2) is 8.61. The van der Waals surface area contributed by atoms with E-state index in [9.17, 15) is 4.79 Å². The van der Waals surface area contributed by atoms with E-state index in [1.807, 2.05) is 35.8 Å². The molecule has 0 saturated heterocycles. The summed E-state index contributed by atoms with van der Waals surface area (Å²) in [5.41, 5.74) is 4.55. The molecule has 0 fully saturated rings. The van der Waals surface area contributed by atoms with E-state index in [0.717, 1.165) is 22.4 Å². The van der Waals surface area contributed by atoms with Gasteiger partial charge in [0.25, 0.3) is 0 Å². The zero-order valence-electron chi connectivity index (χ0n) is 18.5. The Balaban J connectivity index is 1.75. The number of halogens is 2. The first-order chi connectivity index (χ1) is 15.1. The lowest BCUT2D eigenvalue weighted by Gasteiger charge is -2.20. The number of fused-ring (bicyclic) bond motifs is 1. The van der Waals surface area contributed by atoms with Gasteiger partial charge in [-0.1, -0.05) is 80.4 Å². The third-order valence-corrected chi connectivity index (χ3v) is 5.94. The summed E-state index contributed by atoms with van der Waals surface area (Å²) in [6.07, 6.45) is 0. The lowest BCUT2D eigenvalue weighted by molar-refractivity contribution is -0.118. The zero-order valence-corrected chi connectivity index (χ0v) is 20.0. The van der Waals surface area contributed by atoms with Crippen LogP contribution >= 0.6 is 23.2 Å². The Morgan fingerprint density at radius 1 is 0.969 bits per heavy atom. The number of carbonyl (C=O) groups excluding carboxylic acids is 1. The fourth-order valence-corrected chi connectivity index (χ4v) is 4.28. The van der Waals surface area contributed by atoms with Gasteiger partial charge in [0, 0.05) is 21.3 Å². The summed E-state index contributed by atoms with van der Waals surface area (Å²) in [6, 6.07) is 20.7. The van der Waals surface area contributed by atoms with Gasteiger partial charge in [-0.25, -0.2) is 4.98 Å². The van der Waals surface area contributed by atoms with Crippen LogP contribution in [0, 0.1) is 0 Å². The molecule has 1 N–H and O–H groups in total. The number of hydrogen-bond donors (Lipinski definition) is 1. The second-order valence-electron chi connectivity index (χ2n) is 8.94. The molecule has 1 atom stereocenters. The van der Waals surface area contributed by atoms with Crippen LogP contribution in [0.3, 0.4) is 0 Å². The quantitative estimate of drug-likeness (QED) is 0.338. The van der Waals surface area contributed by atoms with Crippen LogP contribution in [0.4, 0.5) is 5.69 Å². The maximum atomic E-state index is 13.2. The first kappa shape index (κ1) is 22.4. The third-order valence-electron chi connectivity index (χ3n) is 5.50. The molecule has 1 aromatic heterocycles. The van der Waals surface area contributed by atoms with E-state index < -0.39 is 6.04 Å². The fourth-order valence-electron chi connectivity index (χ4n) is 3.75. The Morgan fingerprint density at radius 2 is 1.59 bits per heavy atom. The highest BCUT2D eigenvalue weighted by Crippen LogP contribution is 2.31. The predicted octanol–water partition coefficient (Wildman–Crippen LogP) is 7.51. The molecule has 0 aliphatic rings. The summed E-state index contributed by atoms with van der Waals surface area (Å²) in [5, 5.41) is 3.86. The monoisotopic (exact) mass is 465 g/mol. The zero-order chi connectivity index (χ0) is 23.0. The number of nitrogens with zero attached hydrogens (tertiary/aromatic N) is 2. The number of rotatable bonds is 4. The van der Waals surface area contributed by atoms with Gasteiger partial charge in [0.05, 0.1) is 11.0 Å². The van der Waals surface area contributed by atoms with Crippen LogP contribution in [0.5, 0.6) is 0 Å². The minimum absolute atomic E-state index is 0.0596. The first-order valence-electron chi connectivity index (χ1n) is 10.5. The lowest BCUT2D eigenvalue weighted by Crippen LogP contribution is -2.24. The molecule has 0 spiro atoms. The molecule has 0 saturated carbocycles. The summed E-state index contributed by atoms with van der Waals surface area (Å²) in [5.74, 6) is 0.567. The Morgan fingerprint density at radius 3 is 2.22 bits per heavy atom. The molecule has 0 aliphatic carbocycles. The van der Waals surface area contributed by atoms with Crippen molar-refractivity contribution >= 4 is 45.8 Å². The van der Waals surface area contributed by atoms with Gasteiger partial charge in [-0.2, -0.15) is 0 Å². The van der Waals surface area contributed by atoms with Crippen molar-refractivity contribution in [3.05, 3.63) is 82.3 Å². The van der Waals surface area contributed by atoms with Gasteiger partial charge in [0.2, 0.25) is 5.91 Å². The number of imidazole rings is 1. The Bertz CT molecular complexity index is 1270. The maximum Gasteiger partial charge on any atom is 0.247 e. The number of benzene rings is 3. The van der Waals surface area contributed by atoms with E-state index in [1.54, 1.807) is 18.2 Å². The van der Waals surface area contributed by atoms with Gasteiger partial charge < -0.3 is 9.88 Å². The minimum atomic E-state index is -0.516. The van der Waals surface area contributed by atoms with Gasteiger partial charge in [0.1, 0.15) is 11.9 Å². The number of hydrogen-bond acceptors (Lipinski definition) is 2. The van der Waals surface area contributed by atoms with Crippen molar-refractivity contribution in [2.45, 2.75) is 39.2 Å². The molecule has 6 heteroatoms. The van der Waals surface area contributed by atoms with E-state index >= 15 is 0 Å². The van der Waals surface area contributed by atoms with Crippen molar-refractivity contribution < 1.29 is 4.79 Å². The normalized spacial score (nSPS) is 12.7. The highest BCUT2D eigenvalue weighted by Gasteiger charge is 2.23. The van der Waals surface area contributed by atoms with E-state index in [0.29, 0.717) is 15.7 Å². The van der Waals surface area contributed by atoms with Gasteiger partial charge in [-0.3, -0.25) is 4.79 Å². The summed E-state index contributed by atoms with van der Waals surface area (Å²) >= 11 is 12.2. The maximum absolute atomic E-state index is 13.2. The number of carbonyl (C=O) groups is 1. The summed E-state index contributed by atoms with van der Waals surface area (Å²) < 4.78 is 1.98. The number of para-hydroxylation sites is 2. The molecule has 0 aliphatic heterocycles. The molecule has 3 aromatic carbocycles. The molecule has 164 valence electrons. The number of amides is 1. The Labute approximate surface area is 198 Å². The van der Waals surface area contributed by atoms with Crippen molar-refractivity contribution in [1.29, 1.82) is 0 Å². The highest BCUT2D eigenvalue weighted by atomic mass is 35.5. The molecule has 32 heavy (non-hydrogen) atoms. The predicted molar refractivity (Wildman–Crippen MR) is 134 cm³/mol. The molecule has 4 aromatic rings. The number of aromatic nitrogens is 2. The third kappa shape index (κ3) is 4.52. The van der Waals surface area contributed by atoms with Crippen LogP contribution in [0.1, 0.15) is 39.3 Å². The molecular weight excluding hydrogens is 441 g/mol. The largest absolute Gasteiger partial charge is 0.324 e. The van der Waals surface area contributed by atoms with Crippen molar-refractivity contribution in [3.8, 4) is 11.4 Å². The minimum Gasteiger partial charge on any atom is -0.324 e. The molecule has 0 radical (unpaired) electrons. The van der Waals surface area contributed by atoms with Crippen LogP contribution in [0.25, 0.3) is 22.4 Å². The molecule has 1 heterocycles. The molecule has 0 bridgehead atoms. The van der Waals surface area contributed by atoms with Crippen molar-refractivity contribution in [2.75, 3.05) is 5.32 Å². The van der Waals surface area contributed by atoms with Crippen LogP contribution in [0.15, 0.2) is 66.7 Å². The van der Waals surface area contributed by atoms with E-state index in [1.165, 1.54) is 5.56 Å². The van der Waals surface area contributed by atoms with Gasteiger partial charge in [-0.15, -0.1) is 0 Å². The molecular formula is C26H25Cl2N3O. The fraction of sp³-hybridized carbons (Fsp3) is 0.231. The average molecular weight is 466 g/mol. The summed E-state index contributed by atoms with van der Waals surface area (Å²) in [7, 11) is 0. The van der Waals surface area contributed by atoms with Crippen LogP contribution in [-0.4, -0.2) is 15.5 Å². The van der Waals surface area contributed by atoms with Crippen LogP contribution < -0.4 is 5.32 Å². The standard InChI is InChI=1S/C26H25Cl2N3O/c1-16(25(32)29-21-14-19(27)13-20(28)15-21)31-23-8-6-5-7-22(23)30-24(31)17-9-11-18(12-10-17)26(2,3)4/h5-16H,1-4H3,(H,29,32). The van der Waals surface area contributed by atoms with Crippen molar-refractivity contribution in [1.82, 2.24) is 9.55 Å². The van der Waals surface area contributed by atoms with Gasteiger partial charge >= 0.3 is 0 Å². The smallest absolute Gasteiger partial charge is 0.247 e. The summed E-state index contributed by atoms with van der Waals surface area (Å²) in [4.78, 5) is 18.1. The first-order valence-corrected chi connectivity index (χ1v) is 11.2. The average Bonchev–Trinajstić information content (AvgIpc) is 3.11. The van der Waals surface area contributed by atoms with Crippen LogP contribution in [0.2, 0.25) is 10.0 Å². The lowest BCUT2D eigenvalue weighted by atomic mass is 9.86. The van der Waals surface area contributed by atoms with Gasteiger partial charge in [0.15, 0.2) is 0 Å². The van der Waals surface area contributed by atoms with E-state index in [4.69, 9.17) is 28.2 Å². The molecule has 4 rings (SSSR count). The van der Waals surface area contributed by atoms with Gasteiger partial charge in [-0.05, 0) is 48.2 Å². The SMILES string of the molecule is CC(C(=O)Nc1cc(Cl)cc(Cl)c1)n1c(-c2ccc(C(C)(C)C)cc2)nc2ccccc21. The van der Waals surface area contributed by atoms with Crippen molar-refractivity contribution in [2.24, 2.45) is 0 Å². The molecule has 4 nitrogen and oxygen atoms in total. The number of anilines is 1. The Hall–Kier alpha value is -2.82.